The molecule has 2 atom stereocenters. The van der Waals surface area contributed by atoms with Gasteiger partial charge in [-0.25, -0.2) is 0 Å². The fourth-order valence-corrected chi connectivity index (χ4v) is 2.30. The van der Waals surface area contributed by atoms with Crippen LogP contribution in [-0.4, -0.2) is 56.5 Å². The second kappa shape index (κ2) is 5.80. The molecule has 0 bridgehead atoms. The van der Waals surface area contributed by atoms with Gasteiger partial charge >= 0.3 is 0 Å². The number of hydrogen-bond donors (Lipinski definition) is 1. The molecule has 2 aliphatic rings. The fraction of sp³-hybridized carbons (Fsp3) is 1.00. The third-order valence-electron chi connectivity index (χ3n) is 3.29. The van der Waals surface area contributed by atoms with Gasteiger partial charge < -0.3 is 15.2 Å². The predicted molar refractivity (Wildman–Crippen MR) is 58.8 cm³/mol. The van der Waals surface area contributed by atoms with Gasteiger partial charge in [-0.05, 0) is 19.3 Å². The first-order valence-electron chi connectivity index (χ1n) is 6.02. The van der Waals surface area contributed by atoms with E-state index in [0.29, 0.717) is 12.1 Å². The summed E-state index contributed by atoms with van der Waals surface area (Å²) in [5, 5.41) is 0. The van der Waals surface area contributed by atoms with Gasteiger partial charge in [0.15, 0.2) is 0 Å². The summed E-state index contributed by atoms with van der Waals surface area (Å²) in [6.45, 7) is 5.72. The molecule has 1 saturated carbocycles. The van der Waals surface area contributed by atoms with E-state index in [2.05, 4.69) is 4.90 Å². The Labute approximate surface area is 91.7 Å². The Morgan fingerprint density at radius 1 is 1.27 bits per heavy atom. The topological polar surface area (TPSA) is 47.7 Å². The Morgan fingerprint density at radius 3 is 2.73 bits per heavy atom. The van der Waals surface area contributed by atoms with Crippen molar-refractivity contribution in [2.45, 2.75) is 31.4 Å². The smallest absolute Gasteiger partial charge is 0.0597 e. The van der Waals surface area contributed by atoms with Gasteiger partial charge in [0.2, 0.25) is 0 Å². The van der Waals surface area contributed by atoms with Crippen molar-refractivity contribution >= 4 is 0 Å². The van der Waals surface area contributed by atoms with E-state index in [9.17, 15) is 0 Å². The first-order chi connectivity index (χ1) is 7.34. The molecular formula is C11H22N2O2. The van der Waals surface area contributed by atoms with Gasteiger partial charge in [0.1, 0.15) is 0 Å². The van der Waals surface area contributed by atoms with Crippen molar-refractivity contribution in [3.8, 4) is 0 Å². The molecule has 0 aromatic rings. The van der Waals surface area contributed by atoms with Gasteiger partial charge in [0.25, 0.3) is 0 Å². The number of rotatable bonds is 4. The molecule has 0 aromatic heterocycles. The lowest BCUT2D eigenvalue weighted by Gasteiger charge is -2.26. The number of nitrogens with zero attached hydrogens (tertiary/aromatic N) is 1. The van der Waals surface area contributed by atoms with E-state index in [0.717, 1.165) is 58.7 Å². The monoisotopic (exact) mass is 214 g/mol. The summed E-state index contributed by atoms with van der Waals surface area (Å²) in [6, 6.07) is 0.374. The molecular weight excluding hydrogens is 192 g/mol. The Hall–Kier alpha value is -0.160. The summed E-state index contributed by atoms with van der Waals surface area (Å²) >= 11 is 0. The second-order valence-electron chi connectivity index (χ2n) is 4.52. The summed E-state index contributed by atoms with van der Waals surface area (Å²) in [5.74, 6) is 0. The van der Waals surface area contributed by atoms with Crippen LogP contribution in [0.2, 0.25) is 0 Å². The lowest BCUT2D eigenvalue weighted by molar-refractivity contribution is 0.00326. The molecule has 0 aromatic carbocycles. The Kier molecular flexibility index (Phi) is 4.38. The van der Waals surface area contributed by atoms with Crippen LogP contribution < -0.4 is 5.73 Å². The highest BCUT2D eigenvalue weighted by Gasteiger charge is 2.22. The third kappa shape index (κ3) is 3.72. The number of nitrogens with two attached hydrogens (primary N) is 1. The number of morpholine rings is 1. The Bertz CT molecular complexity index is 179. The van der Waals surface area contributed by atoms with Crippen molar-refractivity contribution in [1.82, 2.24) is 4.90 Å². The average Bonchev–Trinajstić information content (AvgIpc) is 2.66. The molecule has 2 fully saturated rings. The van der Waals surface area contributed by atoms with E-state index in [4.69, 9.17) is 15.2 Å². The summed E-state index contributed by atoms with van der Waals surface area (Å²) in [7, 11) is 0. The molecule has 0 radical (unpaired) electrons. The zero-order valence-corrected chi connectivity index (χ0v) is 9.36. The predicted octanol–water partition coefficient (Wildman–Crippen LogP) is 0.215. The van der Waals surface area contributed by atoms with E-state index in [-0.39, 0.29) is 0 Å². The van der Waals surface area contributed by atoms with Crippen molar-refractivity contribution in [1.29, 1.82) is 0 Å². The van der Waals surface area contributed by atoms with E-state index in [1.54, 1.807) is 0 Å². The maximum absolute atomic E-state index is 5.83. The number of hydrogen-bond acceptors (Lipinski definition) is 4. The van der Waals surface area contributed by atoms with E-state index < -0.39 is 0 Å². The summed E-state index contributed by atoms with van der Waals surface area (Å²) in [6.07, 6.45) is 3.73. The molecule has 1 heterocycles. The molecule has 0 spiro atoms. The van der Waals surface area contributed by atoms with Gasteiger partial charge in [0.05, 0.1) is 25.9 Å². The van der Waals surface area contributed by atoms with Crippen LogP contribution in [0.25, 0.3) is 0 Å². The van der Waals surface area contributed by atoms with Gasteiger partial charge in [-0.3, -0.25) is 4.90 Å². The molecule has 0 amide bonds. The normalized spacial score (nSPS) is 33.4. The molecule has 2 N–H and O–H groups in total. The van der Waals surface area contributed by atoms with Crippen LogP contribution in [0.5, 0.6) is 0 Å². The zero-order chi connectivity index (χ0) is 10.5. The molecule has 15 heavy (non-hydrogen) atoms. The van der Waals surface area contributed by atoms with Crippen molar-refractivity contribution < 1.29 is 9.47 Å². The van der Waals surface area contributed by atoms with E-state index >= 15 is 0 Å². The van der Waals surface area contributed by atoms with Crippen molar-refractivity contribution in [3.63, 3.8) is 0 Å². The van der Waals surface area contributed by atoms with Gasteiger partial charge in [-0.15, -0.1) is 0 Å². The highest BCUT2D eigenvalue weighted by Crippen LogP contribution is 2.20. The molecule has 4 heteroatoms. The molecule has 2 unspecified atom stereocenters. The minimum atomic E-state index is 0.374. The fourth-order valence-electron chi connectivity index (χ4n) is 2.30. The molecule has 4 nitrogen and oxygen atoms in total. The summed E-state index contributed by atoms with van der Waals surface area (Å²) < 4.78 is 11.1. The maximum atomic E-state index is 5.83. The maximum Gasteiger partial charge on any atom is 0.0597 e. The van der Waals surface area contributed by atoms with Gasteiger partial charge in [-0.1, -0.05) is 0 Å². The van der Waals surface area contributed by atoms with Crippen molar-refractivity contribution in [2.75, 3.05) is 39.5 Å². The SMILES string of the molecule is NC1CCC(OCCN2CCOCC2)C1. The minimum absolute atomic E-state index is 0.374. The highest BCUT2D eigenvalue weighted by atomic mass is 16.5. The standard InChI is InChI=1S/C11H22N2O2/c12-10-1-2-11(9-10)15-8-5-13-3-6-14-7-4-13/h10-11H,1-9,12H2. The Balaban J connectivity index is 1.54. The quantitative estimate of drug-likeness (QED) is 0.727. The molecule has 88 valence electrons. The van der Waals surface area contributed by atoms with Crippen LogP contribution in [0.15, 0.2) is 0 Å². The minimum Gasteiger partial charge on any atom is -0.379 e. The largest absolute Gasteiger partial charge is 0.379 e. The van der Waals surface area contributed by atoms with E-state index in [1.807, 2.05) is 0 Å². The van der Waals surface area contributed by atoms with Crippen molar-refractivity contribution in [3.05, 3.63) is 0 Å². The first-order valence-corrected chi connectivity index (χ1v) is 6.02. The lowest BCUT2D eigenvalue weighted by Crippen LogP contribution is -2.38. The Morgan fingerprint density at radius 2 is 2.07 bits per heavy atom. The third-order valence-corrected chi connectivity index (χ3v) is 3.29. The zero-order valence-electron chi connectivity index (χ0n) is 9.36. The van der Waals surface area contributed by atoms with Gasteiger partial charge in [-0.2, -0.15) is 0 Å². The number of ether oxygens (including phenoxy) is 2. The van der Waals surface area contributed by atoms with Gasteiger partial charge in [0, 0.05) is 25.7 Å². The van der Waals surface area contributed by atoms with Crippen LogP contribution in [0, 0.1) is 0 Å². The summed E-state index contributed by atoms with van der Waals surface area (Å²) in [5.41, 5.74) is 5.83. The van der Waals surface area contributed by atoms with Crippen LogP contribution in [0.3, 0.4) is 0 Å². The van der Waals surface area contributed by atoms with E-state index in [1.165, 1.54) is 0 Å². The average molecular weight is 214 g/mol. The lowest BCUT2D eigenvalue weighted by atomic mass is 10.3. The molecule has 1 aliphatic carbocycles. The second-order valence-corrected chi connectivity index (χ2v) is 4.52. The van der Waals surface area contributed by atoms with Crippen LogP contribution in [-0.2, 0) is 9.47 Å². The molecule has 1 saturated heterocycles. The first kappa shape index (κ1) is 11.3. The van der Waals surface area contributed by atoms with Crippen LogP contribution >= 0.6 is 0 Å². The molecule has 2 rings (SSSR count). The van der Waals surface area contributed by atoms with Crippen LogP contribution in [0.1, 0.15) is 19.3 Å². The molecule has 1 aliphatic heterocycles. The summed E-state index contributed by atoms with van der Waals surface area (Å²) in [4.78, 5) is 2.40. The highest BCUT2D eigenvalue weighted by molar-refractivity contribution is 4.78. The van der Waals surface area contributed by atoms with Crippen LogP contribution in [0.4, 0.5) is 0 Å². The van der Waals surface area contributed by atoms with Crippen molar-refractivity contribution in [2.24, 2.45) is 5.73 Å².